The molecule has 3 aromatic rings. The number of nitrogens with one attached hydrogen (secondary N) is 1. The molecule has 2 amide bonds. The zero-order chi connectivity index (χ0) is 17.2. The first-order valence-corrected chi connectivity index (χ1v) is 9.27. The summed E-state index contributed by atoms with van der Waals surface area (Å²) in [6.07, 6.45) is 0. The molecule has 7 heteroatoms. The Balaban J connectivity index is 1.40. The number of hydrogen-bond acceptors (Lipinski definition) is 4. The maximum atomic E-state index is 12.4. The van der Waals surface area contributed by atoms with Crippen molar-refractivity contribution < 1.29 is 4.79 Å². The maximum absolute atomic E-state index is 12.4. The fraction of sp³-hybridized carbons (Fsp3) is 0.222. The number of piperazine rings is 1. The molecule has 1 aliphatic rings. The molecule has 2 aromatic carbocycles. The Morgan fingerprint density at radius 1 is 1.08 bits per heavy atom. The summed E-state index contributed by atoms with van der Waals surface area (Å²) in [5.74, 6) is 1.02. The molecule has 0 radical (unpaired) electrons. The zero-order valence-corrected chi connectivity index (χ0v) is 15.1. The smallest absolute Gasteiger partial charge is 0.321 e. The summed E-state index contributed by atoms with van der Waals surface area (Å²) in [5.41, 5.74) is 0.713. The predicted octanol–water partition coefficient (Wildman–Crippen LogP) is 4.30. The van der Waals surface area contributed by atoms with Gasteiger partial charge in [0.2, 0.25) is 0 Å². The van der Waals surface area contributed by atoms with Gasteiger partial charge in [-0.15, -0.1) is 0 Å². The highest BCUT2D eigenvalue weighted by atomic mass is 35.5. The lowest BCUT2D eigenvalue weighted by Crippen LogP contribution is -2.50. The number of aromatic nitrogens is 1. The second kappa shape index (κ2) is 6.90. The van der Waals surface area contributed by atoms with Crippen LogP contribution in [0.4, 0.5) is 16.3 Å². The number of hydrogen-bond donors (Lipinski definition) is 1. The highest BCUT2D eigenvalue weighted by Crippen LogP contribution is 2.29. The SMILES string of the molecule is O=C(Nc1cccc(Cl)c1)N1CCN(c2nsc3ccccc23)CC1. The third-order valence-corrected chi connectivity index (χ3v) is 5.35. The van der Waals surface area contributed by atoms with Crippen molar-refractivity contribution in [1.29, 1.82) is 0 Å². The van der Waals surface area contributed by atoms with Crippen LogP contribution >= 0.6 is 23.1 Å². The second-order valence-corrected chi connectivity index (χ2v) is 7.16. The molecule has 1 aliphatic heterocycles. The fourth-order valence-electron chi connectivity index (χ4n) is 2.99. The van der Waals surface area contributed by atoms with Crippen molar-refractivity contribution >= 4 is 50.8 Å². The van der Waals surface area contributed by atoms with Crippen molar-refractivity contribution in [2.24, 2.45) is 0 Å². The van der Waals surface area contributed by atoms with E-state index < -0.39 is 0 Å². The van der Waals surface area contributed by atoms with Crippen LogP contribution in [0.2, 0.25) is 5.02 Å². The van der Waals surface area contributed by atoms with Gasteiger partial charge in [-0.2, -0.15) is 4.37 Å². The van der Waals surface area contributed by atoms with Gasteiger partial charge in [0.1, 0.15) is 5.82 Å². The molecule has 1 saturated heterocycles. The van der Waals surface area contributed by atoms with E-state index in [1.807, 2.05) is 29.2 Å². The van der Waals surface area contributed by atoms with Crippen LogP contribution in [0, 0.1) is 0 Å². The zero-order valence-electron chi connectivity index (χ0n) is 13.5. The molecular formula is C18H17ClN4OS. The Labute approximate surface area is 155 Å². The molecule has 2 heterocycles. The molecule has 25 heavy (non-hydrogen) atoms. The summed E-state index contributed by atoms with van der Waals surface area (Å²) in [4.78, 5) is 16.5. The van der Waals surface area contributed by atoms with Crippen molar-refractivity contribution in [2.75, 3.05) is 36.4 Å². The van der Waals surface area contributed by atoms with Gasteiger partial charge < -0.3 is 15.1 Å². The minimum Gasteiger partial charge on any atom is -0.352 e. The van der Waals surface area contributed by atoms with Gasteiger partial charge in [-0.3, -0.25) is 0 Å². The quantitative estimate of drug-likeness (QED) is 0.729. The van der Waals surface area contributed by atoms with Gasteiger partial charge in [0.25, 0.3) is 0 Å². The van der Waals surface area contributed by atoms with Crippen molar-refractivity contribution in [3.05, 3.63) is 53.6 Å². The van der Waals surface area contributed by atoms with Crippen LogP contribution in [-0.4, -0.2) is 41.5 Å². The summed E-state index contributed by atoms with van der Waals surface area (Å²) < 4.78 is 5.79. The first-order chi connectivity index (χ1) is 12.2. The van der Waals surface area contributed by atoms with Gasteiger partial charge in [-0.25, -0.2) is 4.79 Å². The molecule has 1 fully saturated rings. The van der Waals surface area contributed by atoms with Crippen molar-refractivity contribution in [2.45, 2.75) is 0 Å². The van der Waals surface area contributed by atoms with E-state index in [0.29, 0.717) is 23.8 Å². The summed E-state index contributed by atoms with van der Waals surface area (Å²) in [7, 11) is 0. The van der Waals surface area contributed by atoms with Crippen LogP contribution in [0.3, 0.4) is 0 Å². The Morgan fingerprint density at radius 3 is 2.68 bits per heavy atom. The summed E-state index contributed by atoms with van der Waals surface area (Å²) in [6.45, 7) is 2.88. The Hall–Kier alpha value is -2.31. The molecule has 5 nitrogen and oxygen atoms in total. The average Bonchev–Trinajstić information content (AvgIpc) is 3.06. The third kappa shape index (κ3) is 3.41. The number of carbonyl (C=O) groups excluding carboxylic acids is 1. The van der Waals surface area contributed by atoms with E-state index >= 15 is 0 Å². The number of urea groups is 1. The van der Waals surface area contributed by atoms with E-state index in [1.165, 1.54) is 21.6 Å². The molecule has 0 saturated carbocycles. The summed E-state index contributed by atoms with van der Waals surface area (Å²) in [5, 5.41) is 4.70. The van der Waals surface area contributed by atoms with Crippen LogP contribution in [0.15, 0.2) is 48.5 Å². The second-order valence-electron chi connectivity index (χ2n) is 5.92. The maximum Gasteiger partial charge on any atom is 0.321 e. The number of benzene rings is 2. The first-order valence-electron chi connectivity index (χ1n) is 8.11. The largest absolute Gasteiger partial charge is 0.352 e. The van der Waals surface area contributed by atoms with E-state index in [2.05, 4.69) is 26.7 Å². The van der Waals surface area contributed by atoms with Crippen LogP contribution in [0.1, 0.15) is 0 Å². The standard InChI is InChI=1S/C18H17ClN4OS/c19-13-4-3-5-14(12-13)20-18(24)23-10-8-22(9-11-23)17-15-6-1-2-7-16(15)25-21-17/h1-7,12H,8-11H2,(H,20,24). The molecule has 0 bridgehead atoms. The van der Waals surface area contributed by atoms with Gasteiger partial charge in [-0.05, 0) is 41.9 Å². The van der Waals surface area contributed by atoms with E-state index in [1.54, 1.807) is 12.1 Å². The lowest BCUT2D eigenvalue weighted by Gasteiger charge is -2.35. The molecule has 128 valence electrons. The molecular weight excluding hydrogens is 356 g/mol. The van der Waals surface area contributed by atoms with E-state index in [-0.39, 0.29) is 6.03 Å². The van der Waals surface area contributed by atoms with Gasteiger partial charge >= 0.3 is 6.03 Å². The van der Waals surface area contributed by atoms with Crippen LogP contribution in [-0.2, 0) is 0 Å². The highest BCUT2D eigenvalue weighted by molar-refractivity contribution is 7.13. The van der Waals surface area contributed by atoms with Gasteiger partial charge in [0, 0.05) is 42.3 Å². The molecule has 0 unspecified atom stereocenters. The minimum absolute atomic E-state index is 0.0925. The fourth-order valence-corrected chi connectivity index (χ4v) is 3.98. The molecule has 4 rings (SSSR count). The van der Waals surface area contributed by atoms with Gasteiger partial charge in [-0.1, -0.05) is 29.8 Å². The summed E-state index contributed by atoms with van der Waals surface area (Å²) >= 11 is 7.48. The van der Waals surface area contributed by atoms with Crippen molar-refractivity contribution in [3.63, 3.8) is 0 Å². The van der Waals surface area contributed by atoms with Crippen LogP contribution in [0.25, 0.3) is 10.1 Å². The topological polar surface area (TPSA) is 48.5 Å². The first kappa shape index (κ1) is 16.2. The van der Waals surface area contributed by atoms with Gasteiger partial charge in [0.15, 0.2) is 0 Å². The molecule has 0 aliphatic carbocycles. The number of fused-ring (bicyclic) bond motifs is 1. The monoisotopic (exact) mass is 372 g/mol. The Morgan fingerprint density at radius 2 is 1.88 bits per heavy atom. The average molecular weight is 373 g/mol. The number of halogens is 1. The lowest BCUT2D eigenvalue weighted by molar-refractivity contribution is 0.208. The Kier molecular flexibility index (Phi) is 4.46. The highest BCUT2D eigenvalue weighted by Gasteiger charge is 2.23. The van der Waals surface area contributed by atoms with Gasteiger partial charge in [0.05, 0.1) is 4.70 Å². The number of nitrogens with zero attached hydrogens (tertiary/aromatic N) is 3. The van der Waals surface area contributed by atoms with E-state index in [0.717, 1.165) is 18.9 Å². The number of carbonyl (C=O) groups is 1. The predicted molar refractivity (Wildman–Crippen MR) is 104 cm³/mol. The normalized spacial score (nSPS) is 14.8. The number of amides is 2. The van der Waals surface area contributed by atoms with Crippen molar-refractivity contribution in [3.8, 4) is 0 Å². The third-order valence-electron chi connectivity index (χ3n) is 4.30. The molecule has 1 aromatic heterocycles. The van der Waals surface area contributed by atoms with E-state index in [4.69, 9.17) is 11.6 Å². The molecule has 0 atom stereocenters. The molecule has 0 spiro atoms. The Bertz CT molecular complexity index is 905. The van der Waals surface area contributed by atoms with Crippen LogP contribution < -0.4 is 10.2 Å². The van der Waals surface area contributed by atoms with Crippen molar-refractivity contribution in [1.82, 2.24) is 9.27 Å². The van der Waals surface area contributed by atoms with Crippen LogP contribution in [0.5, 0.6) is 0 Å². The van der Waals surface area contributed by atoms with E-state index in [9.17, 15) is 4.79 Å². The lowest BCUT2D eigenvalue weighted by atomic mass is 10.2. The number of rotatable bonds is 2. The summed E-state index contributed by atoms with van der Waals surface area (Å²) in [6, 6.07) is 15.4. The minimum atomic E-state index is -0.0925. The molecule has 1 N–H and O–H groups in total. The number of anilines is 2.